The molecule has 4 aliphatic rings. The van der Waals surface area contributed by atoms with Gasteiger partial charge in [-0.15, -0.1) is 0 Å². The van der Waals surface area contributed by atoms with E-state index in [2.05, 4.69) is 30.4 Å². The predicted octanol–water partition coefficient (Wildman–Crippen LogP) is 3.87. The quantitative estimate of drug-likeness (QED) is 0.454. The fraction of sp³-hybridized carbons (Fsp3) is 0.786. The first-order valence-corrected chi connectivity index (χ1v) is 13.5. The minimum atomic E-state index is -1.19. The molecule has 0 unspecified atom stereocenters. The summed E-state index contributed by atoms with van der Waals surface area (Å²) in [6, 6.07) is -0.954. The Morgan fingerprint density at radius 3 is 2.44 bits per heavy atom. The zero-order valence-electron chi connectivity index (χ0n) is 22.3. The van der Waals surface area contributed by atoms with Gasteiger partial charge in [0.15, 0.2) is 12.4 Å². The van der Waals surface area contributed by atoms with Gasteiger partial charge in [-0.3, -0.25) is 9.59 Å². The number of hydrogen-bond donors (Lipinski definition) is 3. The normalized spacial score (nSPS) is 39.5. The number of ketones is 1. The Bertz CT molecular complexity index is 989. The summed E-state index contributed by atoms with van der Waals surface area (Å²) in [6.07, 6.45) is 9.29. The van der Waals surface area contributed by atoms with Crippen LogP contribution in [0.5, 0.6) is 0 Å². The summed E-state index contributed by atoms with van der Waals surface area (Å²) in [7, 11) is 0. The van der Waals surface area contributed by atoms with Crippen LogP contribution in [0.3, 0.4) is 0 Å². The Labute approximate surface area is 213 Å². The Hall–Kier alpha value is -2.22. The van der Waals surface area contributed by atoms with Gasteiger partial charge in [0.1, 0.15) is 11.6 Å². The van der Waals surface area contributed by atoms with Crippen LogP contribution in [0.2, 0.25) is 0 Å². The van der Waals surface area contributed by atoms with Crippen molar-refractivity contribution in [1.82, 2.24) is 5.32 Å². The largest absolute Gasteiger partial charge is 0.480 e. The van der Waals surface area contributed by atoms with Crippen molar-refractivity contribution in [2.45, 2.75) is 97.6 Å². The van der Waals surface area contributed by atoms with Crippen LogP contribution >= 0.6 is 0 Å². The lowest BCUT2D eigenvalue weighted by atomic mass is 9.46. The van der Waals surface area contributed by atoms with E-state index in [0.29, 0.717) is 24.2 Å². The van der Waals surface area contributed by atoms with Crippen LogP contribution in [0.4, 0.5) is 0 Å². The third kappa shape index (κ3) is 4.29. The van der Waals surface area contributed by atoms with E-state index >= 15 is 0 Å². The molecule has 0 aromatic heterocycles. The Balaban J connectivity index is 1.42. The van der Waals surface area contributed by atoms with Gasteiger partial charge in [0.25, 0.3) is 5.91 Å². The summed E-state index contributed by atoms with van der Waals surface area (Å²) in [4.78, 5) is 41.1. The van der Waals surface area contributed by atoms with Crippen LogP contribution in [0.1, 0.15) is 86.0 Å². The van der Waals surface area contributed by atoms with Gasteiger partial charge in [-0.1, -0.05) is 38.4 Å². The highest BCUT2D eigenvalue weighted by atomic mass is 16.6. The maximum atomic E-state index is 12.4. The van der Waals surface area contributed by atoms with Gasteiger partial charge in [-0.2, -0.15) is 0 Å². The highest BCUT2D eigenvalue weighted by molar-refractivity contribution is 5.96. The Morgan fingerprint density at radius 1 is 1.11 bits per heavy atom. The predicted molar refractivity (Wildman–Crippen MR) is 135 cm³/mol. The summed E-state index contributed by atoms with van der Waals surface area (Å²) < 4.78 is 0. The summed E-state index contributed by atoms with van der Waals surface area (Å²) in [6.45, 7) is 9.23. The lowest BCUT2D eigenvalue weighted by Gasteiger charge is -2.59. The van der Waals surface area contributed by atoms with Crippen molar-refractivity contribution in [2.24, 2.45) is 39.7 Å². The summed E-state index contributed by atoms with van der Waals surface area (Å²) in [5, 5.41) is 27.2. The van der Waals surface area contributed by atoms with Gasteiger partial charge >= 0.3 is 5.97 Å². The number of allylic oxidation sites excluding steroid dienone is 2. The van der Waals surface area contributed by atoms with Crippen molar-refractivity contribution in [3.63, 3.8) is 0 Å². The maximum Gasteiger partial charge on any atom is 0.326 e. The van der Waals surface area contributed by atoms with E-state index < -0.39 is 23.5 Å². The van der Waals surface area contributed by atoms with Gasteiger partial charge < -0.3 is 20.4 Å². The molecule has 0 saturated heterocycles. The number of rotatable bonds is 7. The number of aliphatic hydroxyl groups is 1. The molecule has 0 aromatic carbocycles. The van der Waals surface area contributed by atoms with Crippen LogP contribution in [0.15, 0.2) is 16.8 Å². The van der Waals surface area contributed by atoms with Crippen LogP contribution in [0, 0.1) is 34.5 Å². The lowest BCUT2D eigenvalue weighted by molar-refractivity contribution is -0.159. The molecule has 4 aliphatic carbocycles. The summed E-state index contributed by atoms with van der Waals surface area (Å²) in [5.74, 6) is -0.455. The third-order valence-corrected chi connectivity index (χ3v) is 10.3. The van der Waals surface area contributed by atoms with E-state index in [9.17, 15) is 24.6 Å². The molecule has 0 aliphatic heterocycles. The average Bonchev–Trinajstić information content (AvgIpc) is 3.09. The molecular weight excluding hydrogens is 460 g/mol. The zero-order chi connectivity index (χ0) is 26.5. The van der Waals surface area contributed by atoms with E-state index in [1.54, 1.807) is 20.8 Å². The number of fused-ring (bicyclic) bond motifs is 5. The number of amides is 1. The number of carbonyl (C=O) groups is 3. The first-order chi connectivity index (χ1) is 16.8. The Kier molecular flexibility index (Phi) is 7.14. The summed E-state index contributed by atoms with van der Waals surface area (Å²) >= 11 is 0. The Morgan fingerprint density at radius 2 is 1.81 bits per heavy atom. The molecule has 1 amide bonds. The van der Waals surface area contributed by atoms with E-state index in [1.165, 1.54) is 5.57 Å². The number of carboxylic acid groups (broad SMARTS) is 1. The molecular formula is C28H42N2O6. The second-order valence-corrected chi connectivity index (χ2v) is 12.4. The SMILES string of the molecule is CC(=O)[C@]1(O)CC[C@H]2[C@@H]3CCC4=C/C(=N\OCC(=O)N[C@@H](C(=O)O)C(C)C)CC[C@]4(C)[C@H]3CC[C@@]21C. The molecule has 7 atom stereocenters. The summed E-state index contributed by atoms with van der Waals surface area (Å²) in [5.41, 5.74) is 0.761. The monoisotopic (exact) mass is 502 g/mol. The first kappa shape index (κ1) is 26.8. The molecule has 0 radical (unpaired) electrons. The number of hydrogen-bond acceptors (Lipinski definition) is 6. The highest BCUT2D eigenvalue weighted by Crippen LogP contribution is 2.67. The van der Waals surface area contributed by atoms with Crippen molar-refractivity contribution < 1.29 is 29.4 Å². The van der Waals surface area contributed by atoms with E-state index in [0.717, 1.165) is 50.7 Å². The number of carboxylic acids is 1. The zero-order valence-corrected chi connectivity index (χ0v) is 22.3. The number of oxime groups is 1. The second-order valence-electron chi connectivity index (χ2n) is 12.4. The van der Waals surface area contributed by atoms with Gasteiger partial charge in [-0.05, 0) is 93.5 Å². The number of nitrogens with one attached hydrogen (secondary N) is 1. The van der Waals surface area contributed by atoms with E-state index in [4.69, 9.17) is 4.84 Å². The van der Waals surface area contributed by atoms with Crippen LogP contribution in [-0.4, -0.2) is 51.8 Å². The van der Waals surface area contributed by atoms with Crippen molar-refractivity contribution in [3.05, 3.63) is 11.6 Å². The van der Waals surface area contributed by atoms with Gasteiger partial charge in [0.2, 0.25) is 0 Å². The molecule has 3 N–H and O–H groups in total. The minimum absolute atomic E-state index is 0.0730. The number of nitrogens with zero attached hydrogens (tertiary/aromatic N) is 1. The lowest BCUT2D eigenvalue weighted by Crippen LogP contribution is -2.57. The van der Waals surface area contributed by atoms with Crippen LogP contribution in [-0.2, 0) is 19.2 Å². The van der Waals surface area contributed by atoms with Crippen LogP contribution < -0.4 is 5.32 Å². The fourth-order valence-electron chi connectivity index (χ4n) is 8.14. The topological polar surface area (TPSA) is 125 Å². The van der Waals surface area contributed by atoms with Gasteiger partial charge in [0.05, 0.1) is 5.71 Å². The van der Waals surface area contributed by atoms with E-state index in [1.807, 2.05) is 0 Å². The number of Topliss-reactive ketones (excluding diaryl/α,β-unsaturated/α-hetero) is 1. The molecule has 0 aromatic rings. The fourth-order valence-corrected chi connectivity index (χ4v) is 8.14. The number of aliphatic carboxylic acids is 1. The van der Waals surface area contributed by atoms with Crippen molar-refractivity contribution in [1.29, 1.82) is 0 Å². The first-order valence-electron chi connectivity index (χ1n) is 13.5. The highest BCUT2D eigenvalue weighted by Gasteiger charge is 2.65. The van der Waals surface area contributed by atoms with Gasteiger partial charge in [0, 0.05) is 5.41 Å². The molecule has 200 valence electrons. The molecule has 36 heavy (non-hydrogen) atoms. The van der Waals surface area contributed by atoms with Crippen molar-refractivity contribution in [2.75, 3.05) is 6.61 Å². The standard InChI is InChI=1S/C28H42N2O6/c1-16(2)24(25(33)34)29-23(32)15-36-30-19-8-11-26(4)18(14-19)6-7-20-21(26)9-12-27(5)22(20)10-13-28(27,35)17(3)31/h14,16,20-22,24,35H,6-13,15H2,1-5H3,(H,29,32)(H,33,34)/b30-19-/t20-,21+,22+,24-,26+,27+,28-/m1/s1. The molecule has 8 heteroatoms. The molecule has 3 fully saturated rings. The number of carbonyl (C=O) groups excluding carboxylic acids is 2. The molecule has 0 heterocycles. The molecule has 0 spiro atoms. The second kappa shape index (κ2) is 9.58. The maximum absolute atomic E-state index is 12.4. The average molecular weight is 503 g/mol. The van der Waals surface area contributed by atoms with Crippen LogP contribution in [0.25, 0.3) is 0 Å². The third-order valence-electron chi connectivity index (χ3n) is 10.3. The molecule has 0 bridgehead atoms. The minimum Gasteiger partial charge on any atom is -0.480 e. The molecule has 3 saturated carbocycles. The molecule has 8 nitrogen and oxygen atoms in total. The van der Waals surface area contributed by atoms with Crippen molar-refractivity contribution in [3.8, 4) is 0 Å². The van der Waals surface area contributed by atoms with E-state index in [-0.39, 0.29) is 29.1 Å². The van der Waals surface area contributed by atoms with Crippen molar-refractivity contribution >= 4 is 23.4 Å². The van der Waals surface area contributed by atoms with Gasteiger partial charge in [-0.25, -0.2) is 4.79 Å². The molecule has 4 rings (SSSR count). The smallest absolute Gasteiger partial charge is 0.326 e.